The molecule has 2 heterocycles. The molecular formula is C22H21F2N3O3S. The number of hydrogen-bond donors (Lipinski definition) is 2. The number of hydrogen-bond acceptors (Lipinski definition) is 5. The lowest BCUT2D eigenvalue weighted by Crippen LogP contribution is -2.41. The number of halogens is 2. The Balaban J connectivity index is 1.28. The highest BCUT2D eigenvalue weighted by Crippen LogP contribution is 2.29. The molecule has 162 valence electrons. The predicted octanol–water partition coefficient (Wildman–Crippen LogP) is 4.34. The molecule has 1 aliphatic rings. The summed E-state index contributed by atoms with van der Waals surface area (Å²) in [4.78, 5) is 30.2. The number of rotatable bonds is 5. The number of aryl methyl sites for hydroxylation is 3. The molecule has 0 atom stereocenters. The lowest BCUT2D eigenvalue weighted by molar-refractivity contribution is -0.121. The third-order valence-electron chi connectivity index (χ3n) is 5.11. The Labute approximate surface area is 181 Å². The number of amides is 2. The fourth-order valence-electron chi connectivity index (χ4n) is 3.52. The first kappa shape index (κ1) is 21.2. The summed E-state index contributed by atoms with van der Waals surface area (Å²) in [5, 5.41) is 0. The molecule has 2 amide bonds. The van der Waals surface area contributed by atoms with E-state index >= 15 is 0 Å². The van der Waals surface area contributed by atoms with E-state index in [0.717, 1.165) is 37.8 Å². The minimum absolute atomic E-state index is 0.0130. The summed E-state index contributed by atoms with van der Waals surface area (Å²) in [6, 6.07) is 5.42. The van der Waals surface area contributed by atoms with Crippen LogP contribution in [0, 0.1) is 11.6 Å². The number of carbonyl (C=O) groups excluding carboxylic acids is 2. The summed E-state index contributed by atoms with van der Waals surface area (Å²) >= 11 is 1.47. The van der Waals surface area contributed by atoms with Gasteiger partial charge in [-0.25, -0.2) is 13.8 Å². The molecule has 0 saturated heterocycles. The van der Waals surface area contributed by atoms with Gasteiger partial charge in [0, 0.05) is 17.7 Å². The van der Waals surface area contributed by atoms with Crippen LogP contribution in [0.2, 0.25) is 0 Å². The Morgan fingerprint density at radius 2 is 1.87 bits per heavy atom. The maximum absolute atomic E-state index is 13.8. The summed E-state index contributed by atoms with van der Waals surface area (Å²) in [7, 11) is 0. The van der Waals surface area contributed by atoms with Crippen LogP contribution in [-0.4, -0.2) is 16.8 Å². The highest BCUT2D eigenvalue weighted by Gasteiger charge is 2.18. The van der Waals surface area contributed by atoms with E-state index in [1.807, 2.05) is 6.07 Å². The molecule has 6 nitrogen and oxygen atoms in total. The van der Waals surface area contributed by atoms with E-state index in [2.05, 4.69) is 15.8 Å². The second-order valence-corrected chi connectivity index (χ2v) is 8.47. The number of carbonyl (C=O) groups is 2. The van der Waals surface area contributed by atoms with Crippen molar-refractivity contribution in [2.75, 3.05) is 0 Å². The van der Waals surface area contributed by atoms with Crippen molar-refractivity contribution in [3.05, 3.63) is 63.3 Å². The number of benzene rings is 1. The van der Waals surface area contributed by atoms with Gasteiger partial charge in [-0.2, -0.15) is 0 Å². The Hall–Kier alpha value is -3.07. The molecule has 2 aromatic heterocycles. The lowest BCUT2D eigenvalue weighted by atomic mass is 10.1. The fourth-order valence-corrected chi connectivity index (χ4v) is 4.67. The van der Waals surface area contributed by atoms with Gasteiger partial charge >= 0.3 is 0 Å². The van der Waals surface area contributed by atoms with Gasteiger partial charge in [-0.3, -0.25) is 20.4 Å². The SMILES string of the molecule is O=C(CCc1ncc(-c2c(F)cccc2F)o1)NNC(=O)c1cc2c(s1)CCCCC2. The zero-order valence-corrected chi connectivity index (χ0v) is 17.5. The van der Waals surface area contributed by atoms with E-state index < -0.39 is 17.5 Å². The number of nitrogens with one attached hydrogen (secondary N) is 2. The number of hydrazine groups is 1. The van der Waals surface area contributed by atoms with Crippen LogP contribution >= 0.6 is 11.3 Å². The first-order chi connectivity index (χ1) is 15.0. The van der Waals surface area contributed by atoms with Crippen LogP contribution in [0.5, 0.6) is 0 Å². The van der Waals surface area contributed by atoms with Crippen molar-refractivity contribution in [1.82, 2.24) is 15.8 Å². The van der Waals surface area contributed by atoms with Crippen LogP contribution in [0.1, 0.15) is 51.7 Å². The van der Waals surface area contributed by atoms with Crippen molar-refractivity contribution >= 4 is 23.2 Å². The molecule has 1 aromatic carbocycles. The van der Waals surface area contributed by atoms with Crippen molar-refractivity contribution in [3.63, 3.8) is 0 Å². The van der Waals surface area contributed by atoms with Crippen molar-refractivity contribution in [2.45, 2.75) is 44.9 Å². The third-order valence-corrected chi connectivity index (χ3v) is 6.35. The standard InChI is InChI=1S/C22H21F2N3O3S/c23-14-6-4-7-15(24)21(14)16-12-25-20(30-16)10-9-19(28)26-27-22(29)18-11-13-5-2-1-3-8-17(13)31-18/h4,6-7,11-12H,1-3,5,8-10H2,(H,26,28)(H,27,29). The molecule has 3 aromatic rings. The van der Waals surface area contributed by atoms with Crippen molar-refractivity contribution < 1.29 is 22.8 Å². The molecule has 4 rings (SSSR count). The van der Waals surface area contributed by atoms with Gasteiger partial charge in [0.1, 0.15) is 11.6 Å². The largest absolute Gasteiger partial charge is 0.441 e. The average molecular weight is 445 g/mol. The molecule has 1 aliphatic carbocycles. The minimum Gasteiger partial charge on any atom is -0.441 e. The number of fused-ring (bicyclic) bond motifs is 1. The average Bonchev–Trinajstić information content (AvgIpc) is 3.32. The van der Waals surface area contributed by atoms with Crippen LogP contribution in [0.15, 0.2) is 34.9 Å². The van der Waals surface area contributed by atoms with Gasteiger partial charge in [-0.1, -0.05) is 12.5 Å². The summed E-state index contributed by atoms with van der Waals surface area (Å²) in [5.74, 6) is -2.16. The van der Waals surface area contributed by atoms with Gasteiger partial charge in [-0.05, 0) is 49.4 Å². The molecule has 31 heavy (non-hydrogen) atoms. The summed E-state index contributed by atoms with van der Waals surface area (Å²) in [6.45, 7) is 0. The normalized spacial score (nSPS) is 13.4. The monoisotopic (exact) mass is 445 g/mol. The predicted molar refractivity (Wildman–Crippen MR) is 111 cm³/mol. The molecule has 0 saturated carbocycles. The first-order valence-corrected chi connectivity index (χ1v) is 10.9. The molecular weight excluding hydrogens is 424 g/mol. The van der Waals surface area contributed by atoms with E-state index in [1.165, 1.54) is 40.5 Å². The third kappa shape index (κ3) is 4.99. The maximum Gasteiger partial charge on any atom is 0.279 e. The van der Waals surface area contributed by atoms with Gasteiger partial charge in [0.2, 0.25) is 5.91 Å². The van der Waals surface area contributed by atoms with Crippen LogP contribution < -0.4 is 10.9 Å². The minimum atomic E-state index is -0.756. The summed E-state index contributed by atoms with van der Waals surface area (Å²) < 4.78 is 33.1. The Kier molecular flexibility index (Phi) is 6.41. The van der Waals surface area contributed by atoms with E-state index in [-0.39, 0.29) is 36.0 Å². The molecule has 0 unspecified atom stereocenters. The van der Waals surface area contributed by atoms with E-state index in [0.29, 0.717) is 4.88 Å². The van der Waals surface area contributed by atoms with Crippen molar-refractivity contribution in [2.24, 2.45) is 0 Å². The maximum atomic E-state index is 13.8. The molecule has 0 fully saturated rings. The Bertz CT molecular complexity index is 1070. The molecule has 0 bridgehead atoms. The zero-order chi connectivity index (χ0) is 21.8. The second kappa shape index (κ2) is 9.38. The summed E-state index contributed by atoms with van der Waals surface area (Å²) in [6.07, 6.45) is 6.78. The van der Waals surface area contributed by atoms with Gasteiger partial charge in [0.25, 0.3) is 5.91 Å². The number of oxazole rings is 1. The Morgan fingerprint density at radius 3 is 2.68 bits per heavy atom. The number of nitrogens with zero attached hydrogens (tertiary/aromatic N) is 1. The smallest absolute Gasteiger partial charge is 0.279 e. The fraction of sp³-hybridized carbons (Fsp3) is 0.318. The van der Waals surface area contributed by atoms with Crippen molar-refractivity contribution in [1.29, 1.82) is 0 Å². The zero-order valence-electron chi connectivity index (χ0n) is 16.7. The second-order valence-electron chi connectivity index (χ2n) is 7.34. The highest BCUT2D eigenvalue weighted by molar-refractivity contribution is 7.14. The van der Waals surface area contributed by atoms with Crippen LogP contribution in [-0.2, 0) is 24.1 Å². The molecule has 2 N–H and O–H groups in total. The van der Waals surface area contributed by atoms with Gasteiger partial charge in [0.05, 0.1) is 16.6 Å². The molecule has 0 spiro atoms. The van der Waals surface area contributed by atoms with Crippen LogP contribution in [0.25, 0.3) is 11.3 Å². The van der Waals surface area contributed by atoms with Crippen LogP contribution in [0.4, 0.5) is 8.78 Å². The quantitative estimate of drug-likeness (QED) is 0.452. The van der Waals surface area contributed by atoms with E-state index in [1.54, 1.807) is 0 Å². The Morgan fingerprint density at radius 1 is 1.10 bits per heavy atom. The van der Waals surface area contributed by atoms with Gasteiger partial charge < -0.3 is 4.42 Å². The number of aromatic nitrogens is 1. The van der Waals surface area contributed by atoms with E-state index in [9.17, 15) is 18.4 Å². The number of thiophene rings is 1. The topological polar surface area (TPSA) is 84.2 Å². The lowest BCUT2D eigenvalue weighted by Gasteiger charge is -2.05. The molecule has 0 aliphatic heterocycles. The van der Waals surface area contributed by atoms with Crippen molar-refractivity contribution in [3.8, 4) is 11.3 Å². The molecule has 9 heteroatoms. The van der Waals surface area contributed by atoms with E-state index in [4.69, 9.17) is 4.42 Å². The summed E-state index contributed by atoms with van der Waals surface area (Å²) in [5.41, 5.74) is 5.73. The van der Waals surface area contributed by atoms with Gasteiger partial charge in [0.15, 0.2) is 11.7 Å². The molecule has 0 radical (unpaired) electrons. The van der Waals surface area contributed by atoms with Crippen LogP contribution in [0.3, 0.4) is 0 Å². The highest BCUT2D eigenvalue weighted by atomic mass is 32.1. The first-order valence-electron chi connectivity index (χ1n) is 10.1. The van der Waals surface area contributed by atoms with Gasteiger partial charge in [-0.15, -0.1) is 11.3 Å².